The quantitative estimate of drug-likeness (QED) is 0.907. The van der Waals surface area contributed by atoms with Crippen LogP contribution in [0, 0.1) is 11.8 Å². The van der Waals surface area contributed by atoms with Crippen LogP contribution in [0.4, 0.5) is 0 Å². The van der Waals surface area contributed by atoms with Crippen molar-refractivity contribution in [2.24, 2.45) is 11.8 Å². The first-order valence-electron chi connectivity index (χ1n) is 8.14. The fourth-order valence-corrected chi connectivity index (χ4v) is 3.43. The lowest BCUT2D eigenvalue weighted by molar-refractivity contribution is 0.131. The third kappa shape index (κ3) is 4.34. The highest BCUT2D eigenvalue weighted by Crippen LogP contribution is 2.22. The predicted molar refractivity (Wildman–Crippen MR) is 85.5 cm³/mol. The zero-order valence-electron chi connectivity index (χ0n) is 13.5. The van der Waals surface area contributed by atoms with Crippen molar-refractivity contribution in [1.29, 1.82) is 0 Å². The Bertz CT molecular complexity index is 514. The van der Waals surface area contributed by atoms with Gasteiger partial charge in [-0.25, -0.2) is 0 Å². The number of rotatable bonds is 5. The van der Waals surface area contributed by atoms with Crippen LogP contribution in [0.1, 0.15) is 45.7 Å². The van der Waals surface area contributed by atoms with E-state index >= 15 is 0 Å². The molecule has 1 N–H and O–H groups in total. The third-order valence-corrected chi connectivity index (χ3v) is 4.28. The van der Waals surface area contributed by atoms with Gasteiger partial charge in [-0.3, -0.25) is 9.69 Å². The van der Waals surface area contributed by atoms with Crippen LogP contribution in [0.25, 0.3) is 0 Å². The second-order valence-electron chi connectivity index (χ2n) is 6.70. The van der Waals surface area contributed by atoms with Gasteiger partial charge in [0.25, 0.3) is 0 Å². The SMILES string of the molecule is CCCCn1cc(O)c(=O)cc1CN1CC(C)CC(C)C1. The molecule has 1 aromatic heterocycles. The number of likely N-dealkylation sites (tertiary alicyclic amines) is 1. The van der Waals surface area contributed by atoms with Gasteiger partial charge in [0.2, 0.25) is 5.43 Å². The van der Waals surface area contributed by atoms with Crippen LogP contribution in [0.3, 0.4) is 0 Å². The summed E-state index contributed by atoms with van der Waals surface area (Å²) in [5.74, 6) is 1.28. The Morgan fingerprint density at radius 3 is 2.57 bits per heavy atom. The van der Waals surface area contributed by atoms with E-state index in [1.54, 1.807) is 12.3 Å². The topological polar surface area (TPSA) is 45.5 Å². The fraction of sp³-hybridized carbons (Fsp3) is 0.706. The average Bonchev–Trinajstić information content (AvgIpc) is 2.40. The molecular weight excluding hydrogens is 264 g/mol. The number of unbranched alkanes of at least 4 members (excludes halogenated alkanes) is 1. The first kappa shape index (κ1) is 16.1. The Morgan fingerprint density at radius 2 is 1.95 bits per heavy atom. The molecule has 0 amide bonds. The largest absolute Gasteiger partial charge is 0.503 e. The molecule has 4 nitrogen and oxygen atoms in total. The van der Waals surface area contributed by atoms with Gasteiger partial charge in [-0.2, -0.15) is 0 Å². The number of aromatic hydroxyl groups is 1. The summed E-state index contributed by atoms with van der Waals surface area (Å²) in [4.78, 5) is 14.2. The minimum atomic E-state index is -0.268. The summed E-state index contributed by atoms with van der Waals surface area (Å²) in [5, 5.41) is 9.67. The molecule has 2 atom stereocenters. The molecule has 0 radical (unpaired) electrons. The smallest absolute Gasteiger partial charge is 0.223 e. The summed E-state index contributed by atoms with van der Waals surface area (Å²) in [6.45, 7) is 10.6. The Hall–Kier alpha value is -1.29. The summed E-state index contributed by atoms with van der Waals surface area (Å²) in [7, 11) is 0. The molecule has 0 aromatic carbocycles. The molecule has 2 unspecified atom stereocenters. The molecule has 1 aliphatic heterocycles. The van der Waals surface area contributed by atoms with Crippen LogP contribution in [-0.2, 0) is 13.1 Å². The molecule has 0 bridgehead atoms. The maximum atomic E-state index is 11.8. The molecule has 4 heteroatoms. The van der Waals surface area contributed by atoms with E-state index in [-0.39, 0.29) is 11.2 Å². The van der Waals surface area contributed by atoms with E-state index in [1.165, 1.54) is 6.42 Å². The zero-order valence-corrected chi connectivity index (χ0v) is 13.5. The van der Waals surface area contributed by atoms with E-state index in [0.717, 1.165) is 44.7 Å². The minimum absolute atomic E-state index is 0.143. The lowest BCUT2D eigenvalue weighted by atomic mass is 9.92. The minimum Gasteiger partial charge on any atom is -0.503 e. The third-order valence-electron chi connectivity index (χ3n) is 4.28. The van der Waals surface area contributed by atoms with Crippen LogP contribution < -0.4 is 5.43 Å². The van der Waals surface area contributed by atoms with Gasteiger partial charge in [0, 0.05) is 37.9 Å². The lowest BCUT2D eigenvalue weighted by Gasteiger charge is -2.35. The van der Waals surface area contributed by atoms with Crippen LogP contribution >= 0.6 is 0 Å². The highest BCUT2D eigenvalue weighted by Gasteiger charge is 2.22. The predicted octanol–water partition coefficient (Wildman–Crippen LogP) is 2.83. The van der Waals surface area contributed by atoms with Gasteiger partial charge in [-0.05, 0) is 24.7 Å². The molecule has 0 saturated carbocycles. The van der Waals surface area contributed by atoms with Crippen molar-refractivity contribution in [3.63, 3.8) is 0 Å². The van der Waals surface area contributed by atoms with Crippen molar-refractivity contribution in [3.8, 4) is 5.75 Å². The monoisotopic (exact) mass is 292 g/mol. The van der Waals surface area contributed by atoms with Crippen molar-refractivity contribution >= 4 is 0 Å². The first-order valence-corrected chi connectivity index (χ1v) is 8.14. The van der Waals surface area contributed by atoms with Crippen LogP contribution in [0.15, 0.2) is 17.1 Å². The molecular formula is C17H28N2O2. The summed E-state index contributed by atoms with van der Waals surface area (Å²) in [6.07, 6.45) is 5.05. The molecule has 2 heterocycles. The Kier molecular flexibility index (Phi) is 5.45. The molecule has 1 aromatic rings. The Labute approximate surface area is 127 Å². The molecule has 2 rings (SSSR count). The van der Waals surface area contributed by atoms with Gasteiger partial charge >= 0.3 is 0 Å². The van der Waals surface area contributed by atoms with Crippen molar-refractivity contribution in [1.82, 2.24) is 9.47 Å². The summed E-state index contributed by atoms with van der Waals surface area (Å²) >= 11 is 0. The first-order chi connectivity index (χ1) is 9.99. The summed E-state index contributed by atoms with van der Waals surface area (Å²) in [5.41, 5.74) is 0.753. The fourth-order valence-electron chi connectivity index (χ4n) is 3.43. The van der Waals surface area contributed by atoms with Gasteiger partial charge in [-0.15, -0.1) is 0 Å². The van der Waals surface area contributed by atoms with Crippen LogP contribution in [-0.4, -0.2) is 27.7 Å². The average molecular weight is 292 g/mol. The van der Waals surface area contributed by atoms with Gasteiger partial charge in [0.05, 0.1) is 6.20 Å². The number of aryl methyl sites for hydroxylation is 1. The maximum absolute atomic E-state index is 11.8. The van der Waals surface area contributed by atoms with Crippen molar-refractivity contribution < 1.29 is 5.11 Å². The van der Waals surface area contributed by atoms with Gasteiger partial charge in [0.1, 0.15) is 0 Å². The standard InChI is InChI=1S/C17H28N2O2/c1-4-5-6-19-12-17(21)16(20)8-15(19)11-18-9-13(2)7-14(3)10-18/h8,12-14,21H,4-7,9-11H2,1-3H3. The zero-order chi connectivity index (χ0) is 15.4. The number of hydrogen-bond donors (Lipinski definition) is 1. The van der Waals surface area contributed by atoms with Gasteiger partial charge in [-0.1, -0.05) is 27.2 Å². The normalized spacial score (nSPS) is 23.4. The van der Waals surface area contributed by atoms with Crippen molar-refractivity contribution in [3.05, 3.63) is 28.2 Å². The van der Waals surface area contributed by atoms with E-state index in [9.17, 15) is 9.90 Å². The summed E-state index contributed by atoms with van der Waals surface area (Å²) < 4.78 is 2.05. The summed E-state index contributed by atoms with van der Waals surface area (Å²) in [6, 6.07) is 1.61. The van der Waals surface area contributed by atoms with Gasteiger partial charge < -0.3 is 9.67 Å². The van der Waals surface area contributed by atoms with E-state index in [1.807, 2.05) is 4.57 Å². The number of aromatic nitrogens is 1. The van der Waals surface area contributed by atoms with E-state index < -0.39 is 0 Å². The Morgan fingerprint density at radius 1 is 1.29 bits per heavy atom. The van der Waals surface area contributed by atoms with Crippen LogP contribution in [0.2, 0.25) is 0 Å². The second kappa shape index (κ2) is 7.12. The molecule has 118 valence electrons. The van der Waals surface area contributed by atoms with E-state index in [2.05, 4.69) is 25.7 Å². The highest BCUT2D eigenvalue weighted by atomic mass is 16.3. The number of nitrogens with zero attached hydrogens (tertiary/aromatic N) is 2. The van der Waals surface area contributed by atoms with Gasteiger partial charge in [0.15, 0.2) is 5.75 Å². The Balaban J connectivity index is 2.17. The number of piperidine rings is 1. The molecule has 1 saturated heterocycles. The molecule has 0 aliphatic carbocycles. The molecule has 1 fully saturated rings. The molecule has 21 heavy (non-hydrogen) atoms. The van der Waals surface area contributed by atoms with Crippen LogP contribution in [0.5, 0.6) is 5.75 Å². The molecule has 0 spiro atoms. The lowest BCUT2D eigenvalue weighted by Crippen LogP contribution is -2.39. The second-order valence-corrected chi connectivity index (χ2v) is 6.70. The molecule has 1 aliphatic rings. The maximum Gasteiger partial charge on any atom is 0.223 e. The highest BCUT2D eigenvalue weighted by molar-refractivity contribution is 5.20. The van der Waals surface area contributed by atoms with E-state index in [0.29, 0.717) is 11.8 Å². The van der Waals surface area contributed by atoms with E-state index in [4.69, 9.17) is 0 Å². The van der Waals surface area contributed by atoms with Crippen molar-refractivity contribution in [2.75, 3.05) is 13.1 Å². The number of hydrogen-bond acceptors (Lipinski definition) is 3. The number of pyridine rings is 1. The van der Waals surface area contributed by atoms with Crippen molar-refractivity contribution in [2.45, 2.75) is 53.1 Å².